The van der Waals surface area contributed by atoms with Gasteiger partial charge in [-0.2, -0.15) is 0 Å². The second-order valence-corrected chi connectivity index (χ2v) is 7.18. The molecule has 0 saturated carbocycles. The SMILES string of the molecule is COc1cc(C(=O)N(CCCN)Cc2ccccc2)sc1Br. The number of nitrogens with two attached hydrogens (primary N) is 1. The lowest BCUT2D eigenvalue weighted by molar-refractivity contribution is 0.0747. The van der Waals surface area contributed by atoms with E-state index in [1.807, 2.05) is 35.2 Å². The van der Waals surface area contributed by atoms with Crippen LogP contribution in [0.2, 0.25) is 0 Å². The van der Waals surface area contributed by atoms with Gasteiger partial charge in [0.2, 0.25) is 0 Å². The van der Waals surface area contributed by atoms with Crippen molar-refractivity contribution < 1.29 is 9.53 Å². The zero-order valence-corrected chi connectivity index (χ0v) is 14.8. The van der Waals surface area contributed by atoms with Crippen LogP contribution in [0.4, 0.5) is 0 Å². The van der Waals surface area contributed by atoms with Gasteiger partial charge in [0, 0.05) is 19.2 Å². The minimum atomic E-state index is 0.00584. The molecule has 2 N–H and O–H groups in total. The molecule has 0 aliphatic rings. The number of carbonyl (C=O) groups excluding carboxylic acids is 1. The Morgan fingerprint density at radius 2 is 2.09 bits per heavy atom. The molecule has 1 amide bonds. The van der Waals surface area contributed by atoms with E-state index in [0.29, 0.717) is 30.3 Å². The van der Waals surface area contributed by atoms with Gasteiger partial charge < -0.3 is 15.4 Å². The van der Waals surface area contributed by atoms with Crippen LogP contribution in [0.25, 0.3) is 0 Å². The third-order valence-electron chi connectivity index (χ3n) is 3.22. The molecule has 1 aromatic heterocycles. The minimum absolute atomic E-state index is 0.00584. The molecule has 6 heteroatoms. The summed E-state index contributed by atoms with van der Waals surface area (Å²) in [7, 11) is 1.59. The Bertz CT molecular complexity index is 616. The predicted molar refractivity (Wildman–Crippen MR) is 93.4 cm³/mol. The Balaban J connectivity index is 2.17. The van der Waals surface area contributed by atoms with Gasteiger partial charge in [0.05, 0.1) is 12.0 Å². The quantitative estimate of drug-likeness (QED) is 0.796. The molecule has 2 rings (SSSR count). The van der Waals surface area contributed by atoms with Gasteiger partial charge in [-0.05, 0) is 34.5 Å². The van der Waals surface area contributed by atoms with Crippen LogP contribution in [0, 0.1) is 0 Å². The minimum Gasteiger partial charge on any atom is -0.495 e. The Kier molecular flexibility index (Phi) is 6.42. The fraction of sp³-hybridized carbons (Fsp3) is 0.312. The number of hydrogen-bond donors (Lipinski definition) is 1. The number of ether oxygens (including phenoxy) is 1. The van der Waals surface area contributed by atoms with Gasteiger partial charge in [-0.3, -0.25) is 4.79 Å². The highest BCUT2D eigenvalue weighted by molar-refractivity contribution is 9.11. The van der Waals surface area contributed by atoms with Gasteiger partial charge in [0.15, 0.2) is 0 Å². The maximum absolute atomic E-state index is 12.8. The van der Waals surface area contributed by atoms with Gasteiger partial charge in [-0.1, -0.05) is 30.3 Å². The molecule has 0 bridgehead atoms. The Hall–Kier alpha value is -1.37. The van der Waals surface area contributed by atoms with Crippen LogP contribution in [0.15, 0.2) is 40.2 Å². The first-order chi connectivity index (χ1) is 10.7. The summed E-state index contributed by atoms with van der Waals surface area (Å²) in [5.74, 6) is 0.693. The Morgan fingerprint density at radius 3 is 2.68 bits per heavy atom. The molecule has 0 aliphatic heterocycles. The molecule has 22 heavy (non-hydrogen) atoms. The first-order valence-electron chi connectivity index (χ1n) is 7.02. The van der Waals surface area contributed by atoms with E-state index < -0.39 is 0 Å². The molecule has 0 saturated heterocycles. The van der Waals surface area contributed by atoms with E-state index in [2.05, 4.69) is 15.9 Å². The van der Waals surface area contributed by atoms with Crippen molar-refractivity contribution in [3.63, 3.8) is 0 Å². The summed E-state index contributed by atoms with van der Waals surface area (Å²) < 4.78 is 6.06. The highest BCUT2D eigenvalue weighted by Crippen LogP contribution is 2.35. The highest BCUT2D eigenvalue weighted by atomic mass is 79.9. The number of hydrogen-bond acceptors (Lipinski definition) is 4. The van der Waals surface area contributed by atoms with Gasteiger partial charge in [0.1, 0.15) is 9.54 Å². The van der Waals surface area contributed by atoms with Crippen molar-refractivity contribution in [1.29, 1.82) is 0 Å². The largest absolute Gasteiger partial charge is 0.495 e. The van der Waals surface area contributed by atoms with Crippen molar-refractivity contribution in [3.05, 3.63) is 50.6 Å². The van der Waals surface area contributed by atoms with Crippen molar-refractivity contribution >= 4 is 33.2 Å². The van der Waals surface area contributed by atoms with Crippen molar-refractivity contribution in [2.75, 3.05) is 20.2 Å². The number of nitrogens with zero attached hydrogens (tertiary/aromatic N) is 1. The lowest BCUT2D eigenvalue weighted by atomic mass is 10.2. The van der Waals surface area contributed by atoms with Crippen LogP contribution in [-0.4, -0.2) is 31.0 Å². The molecule has 0 atom stereocenters. The monoisotopic (exact) mass is 382 g/mol. The van der Waals surface area contributed by atoms with E-state index in [4.69, 9.17) is 10.5 Å². The van der Waals surface area contributed by atoms with E-state index in [1.54, 1.807) is 13.2 Å². The molecule has 0 fully saturated rings. The Morgan fingerprint density at radius 1 is 1.36 bits per heavy atom. The van der Waals surface area contributed by atoms with Gasteiger partial charge in [0.25, 0.3) is 5.91 Å². The van der Waals surface area contributed by atoms with Crippen molar-refractivity contribution in [2.24, 2.45) is 5.73 Å². The maximum Gasteiger partial charge on any atom is 0.264 e. The van der Waals surface area contributed by atoms with Crippen LogP contribution in [0.1, 0.15) is 21.7 Å². The molecule has 118 valence electrons. The summed E-state index contributed by atoms with van der Waals surface area (Å²) in [6, 6.07) is 11.7. The average molecular weight is 383 g/mol. The molecule has 2 aromatic rings. The number of halogens is 1. The van der Waals surface area contributed by atoms with E-state index >= 15 is 0 Å². The van der Waals surface area contributed by atoms with Gasteiger partial charge >= 0.3 is 0 Å². The lowest BCUT2D eigenvalue weighted by Crippen LogP contribution is -2.32. The van der Waals surface area contributed by atoms with E-state index in [1.165, 1.54) is 11.3 Å². The molecule has 0 spiro atoms. The molecular formula is C16H19BrN2O2S. The summed E-state index contributed by atoms with van der Waals surface area (Å²) in [5.41, 5.74) is 6.70. The summed E-state index contributed by atoms with van der Waals surface area (Å²) in [6.45, 7) is 1.79. The summed E-state index contributed by atoms with van der Waals surface area (Å²) in [4.78, 5) is 15.3. The normalized spacial score (nSPS) is 10.5. The third-order valence-corrected chi connectivity index (χ3v) is 4.99. The van der Waals surface area contributed by atoms with Crippen molar-refractivity contribution in [2.45, 2.75) is 13.0 Å². The first-order valence-corrected chi connectivity index (χ1v) is 8.63. The Labute approximate surface area is 143 Å². The number of benzene rings is 1. The van der Waals surface area contributed by atoms with E-state index in [-0.39, 0.29) is 5.91 Å². The lowest BCUT2D eigenvalue weighted by Gasteiger charge is -2.22. The molecule has 4 nitrogen and oxygen atoms in total. The van der Waals surface area contributed by atoms with Crippen LogP contribution in [0.3, 0.4) is 0 Å². The van der Waals surface area contributed by atoms with Crippen LogP contribution >= 0.6 is 27.3 Å². The molecule has 1 aromatic carbocycles. The molecule has 0 radical (unpaired) electrons. The predicted octanol–water partition coefficient (Wildman–Crippen LogP) is 3.51. The fourth-order valence-corrected chi connectivity index (χ4v) is 3.71. The molecular weight excluding hydrogens is 364 g/mol. The highest BCUT2D eigenvalue weighted by Gasteiger charge is 2.20. The zero-order chi connectivity index (χ0) is 15.9. The standard InChI is InChI=1S/C16H19BrN2O2S/c1-21-13-10-14(22-15(13)17)16(20)19(9-5-8-18)11-12-6-3-2-4-7-12/h2-4,6-7,10H,5,8-9,11,18H2,1H3. The summed E-state index contributed by atoms with van der Waals surface area (Å²) in [6.07, 6.45) is 0.780. The van der Waals surface area contributed by atoms with Crippen LogP contribution in [-0.2, 0) is 6.54 Å². The first kappa shape index (κ1) is 17.0. The van der Waals surface area contributed by atoms with Crippen LogP contribution < -0.4 is 10.5 Å². The topological polar surface area (TPSA) is 55.6 Å². The molecule has 0 unspecified atom stereocenters. The van der Waals surface area contributed by atoms with Crippen LogP contribution in [0.5, 0.6) is 5.75 Å². The number of rotatable bonds is 7. The second-order valence-electron chi connectivity index (χ2n) is 4.81. The molecule has 0 aliphatic carbocycles. The smallest absolute Gasteiger partial charge is 0.264 e. The number of amides is 1. The maximum atomic E-state index is 12.8. The zero-order valence-electron chi connectivity index (χ0n) is 12.4. The summed E-state index contributed by atoms with van der Waals surface area (Å²) in [5, 5.41) is 0. The summed E-state index contributed by atoms with van der Waals surface area (Å²) >= 11 is 4.81. The van der Waals surface area contributed by atoms with Gasteiger partial charge in [-0.25, -0.2) is 0 Å². The fourth-order valence-electron chi connectivity index (χ4n) is 2.09. The average Bonchev–Trinajstić information content (AvgIpc) is 2.92. The second kappa shape index (κ2) is 8.31. The number of carbonyl (C=O) groups is 1. The number of thiophene rings is 1. The van der Waals surface area contributed by atoms with E-state index in [0.717, 1.165) is 15.8 Å². The molecule has 1 heterocycles. The number of methoxy groups -OCH3 is 1. The third kappa shape index (κ3) is 4.32. The van der Waals surface area contributed by atoms with Crippen molar-refractivity contribution in [1.82, 2.24) is 4.90 Å². The van der Waals surface area contributed by atoms with Crippen molar-refractivity contribution in [3.8, 4) is 5.75 Å². The van der Waals surface area contributed by atoms with E-state index in [9.17, 15) is 4.79 Å². The van der Waals surface area contributed by atoms with Gasteiger partial charge in [-0.15, -0.1) is 11.3 Å².